The van der Waals surface area contributed by atoms with Gasteiger partial charge in [0, 0.05) is 25.4 Å². The quantitative estimate of drug-likeness (QED) is 0.883. The van der Waals surface area contributed by atoms with E-state index in [0.717, 1.165) is 5.69 Å². The summed E-state index contributed by atoms with van der Waals surface area (Å²) in [6, 6.07) is 9.61. The maximum absolute atomic E-state index is 13.8. The molecule has 0 aliphatic rings. The Morgan fingerprint density at radius 2 is 1.94 bits per heavy atom. The molecule has 96 valence electrons. The Bertz CT molecular complexity index is 494. The smallest absolute Gasteiger partial charge is 0.285 e. The molecular formula is C13H15F2N3. The molecule has 0 aliphatic carbocycles. The normalized spacial score (nSPS) is 11.7. The van der Waals surface area contributed by atoms with Crippen molar-refractivity contribution in [2.75, 3.05) is 6.54 Å². The highest BCUT2D eigenvalue weighted by Crippen LogP contribution is 2.26. The zero-order valence-electron chi connectivity index (χ0n) is 10.1. The highest BCUT2D eigenvalue weighted by Gasteiger charge is 2.30. The third-order valence-corrected chi connectivity index (χ3v) is 2.62. The molecule has 3 nitrogen and oxygen atoms in total. The second-order valence-corrected chi connectivity index (χ2v) is 4.15. The van der Waals surface area contributed by atoms with Crippen molar-refractivity contribution in [2.24, 2.45) is 7.05 Å². The van der Waals surface area contributed by atoms with Gasteiger partial charge < -0.3 is 5.32 Å². The van der Waals surface area contributed by atoms with Crippen LogP contribution in [0.2, 0.25) is 0 Å². The molecule has 1 aromatic heterocycles. The number of benzene rings is 1. The highest BCUT2D eigenvalue weighted by atomic mass is 19.3. The average Bonchev–Trinajstić information content (AvgIpc) is 2.76. The van der Waals surface area contributed by atoms with Crippen molar-refractivity contribution in [3.8, 4) is 0 Å². The van der Waals surface area contributed by atoms with E-state index >= 15 is 0 Å². The first-order valence-corrected chi connectivity index (χ1v) is 5.70. The minimum Gasteiger partial charge on any atom is -0.305 e. The van der Waals surface area contributed by atoms with E-state index in [2.05, 4.69) is 10.4 Å². The topological polar surface area (TPSA) is 29.9 Å². The summed E-state index contributed by atoms with van der Waals surface area (Å²) in [7, 11) is 1.79. The number of nitrogens with one attached hydrogen (secondary N) is 1. The molecule has 0 saturated carbocycles. The summed E-state index contributed by atoms with van der Waals surface area (Å²) >= 11 is 0. The van der Waals surface area contributed by atoms with Gasteiger partial charge in [-0.3, -0.25) is 4.68 Å². The van der Waals surface area contributed by atoms with E-state index in [4.69, 9.17) is 0 Å². The second-order valence-electron chi connectivity index (χ2n) is 4.15. The molecule has 1 heterocycles. The van der Waals surface area contributed by atoms with Crippen LogP contribution < -0.4 is 5.32 Å². The minimum atomic E-state index is -2.87. The van der Waals surface area contributed by atoms with Gasteiger partial charge in [-0.1, -0.05) is 30.3 Å². The summed E-state index contributed by atoms with van der Waals surface area (Å²) in [5, 5.41) is 6.84. The molecule has 18 heavy (non-hydrogen) atoms. The number of nitrogens with zero attached hydrogens (tertiary/aromatic N) is 2. The number of aryl methyl sites for hydroxylation is 1. The fraction of sp³-hybridized carbons (Fsp3) is 0.308. The van der Waals surface area contributed by atoms with Crippen molar-refractivity contribution in [2.45, 2.75) is 12.5 Å². The van der Waals surface area contributed by atoms with E-state index in [0.29, 0.717) is 6.54 Å². The Labute approximate surface area is 104 Å². The Morgan fingerprint density at radius 3 is 2.56 bits per heavy atom. The highest BCUT2D eigenvalue weighted by molar-refractivity contribution is 5.20. The predicted octanol–water partition coefficient (Wildman–Crippen LogP) is 2.30. The third kappa shape index (κ3) is 3.13. The maximum atomic E-state index is 13.8. The summed E-state index contributed by atoms with van der Waals surface area (Å²) < 4.78 is 29.2. The van der Waals surface area contributed by atoms with Gasteiger partial charge in [0.05, 0.1) is 12.2 Å². The van der Waals surface area contributed by atoms with Crippen LogP contribution in [0.25, 0.3) is 0 Å². The van der Waals surface area contributed by atoms with E-state index in [1.165, 1.54) is 12.1 Å². The van der Waals surface area contributed by atoms with Gasteiger partial charge in [0.25, 0.3) is 5.92 Å². The number of hydrogen-bond acceptors (Lipinski definition) is 2. The molecule has 0 spiro atoms. The van der Waals surface area contributed by atoms with Crippen LogP contribution in [0.15, 0.2) is 42.6 Å². The Kier molecular flexibility index (Phi) is 3.72. The third-order valence-electron chi connectivity index (χ3n) is 2.62. The lowest BCUT2D eigenvalue weighted by Gasteiger charge is -2.16. The van der Waals surface area contributed by atoms with E-state index in [-0.39, 0.29) is 5.56 Å². The molecule has 0 radical (unpaired) electrons. The molecule has 0 saturated heterocycles. The first-order chi connectivity index (χ1) is 8.58. The molecule has 2 rings (SSSR count). The molecule has 0 fully saturated rings. The Hall–Kier alpha value is -1.75. The lowest BCUT2D eigenvalue weighted by molar-refractivity contribution is -0.00350. The van der Waals surface area contributed by atoms with Crippen LogP contribution in [0, 0.1) is 0 Å². The molecule has 0 atom stereocenters. The largest absolute Gasteiger partial charge is 0.305 e. The van der Waals surface area contributed by atoms with Gasteiger partial charge in [0.15, 0.2) is 0 Å². The zero-order valence-corrected chi connectivity index (χ0v) is 10.1. The monoisotopic (exact) mass is 251 g/mol. The minimum absolute atomic E-state index is 0.0264. The van der Waals surface area contributed by atoms with Crippen LogP contribution in [0.1, 0.15) is 11.3 Å². The summed E-state index contributed by atoms with van der Waals surface area (Å²) in [5.41, 5.74) is 0.778. The van der Waals surface area contributed by atoms with Gasteiger partial charge in [-0.05, 0) is 6.07 Å². The molecule has 1 aromatic carbocycles. The summed E-state index contributed by atoms with van der Waals surface area (Å²) in [4.78, 5) is 0. The van der Waals surface area contributed by atoms with Crippen molar-refractivity contribution >= 4 is 0 Å². The maximum Gasteiger partial charge on any atom is 0.285 e. The first-order valence-electron chi connectivity index (χ1n) is 5.70. The lowest BCUT2D eigenvalue weighted by atomic mass is 10.1. The van der Waals surface area contributed by atoms with Crippen molar-refractivity contribution < 1.29 is 8.78 Å². The van der Waals surface area contributed by atoms with Gasteiger partial charge >= 0.3 is 0 Å². The molecule has 5 heteroatoms. The molecule has 0 aliphatic heterocycles. The van der Waals surface area contributed by atoms with Crippen molar-refractivity contribution in [1.29, 1.82) is 0 Å². The van der Waals surface area contributed by atoms with Gasteiger partial charge in [-0.2, -0.15) is 13.9 Å². The van der Waals surface area contributed by atoms with Crippen LogP contribution in [0.3, 0.4) is 0 Å². The standard InChI is InChI=1S/C13H15F2N3/c1-18-8-7-12(17-18)9-16-10-13(14,15)11-5-3-2-4-6-11/h2-8,16H,9-10H2,1H3. The van der Waals surface area contributed by atoms with E-state index in [1.54, 1.807) is 42.2 Å². The summed E-state index contributed by atoms with van der Waals surface area (Å²) in [6.07, 6.45) is 1.78. The number of alkyl halides is 2. The van der Waals surface area contributed by atoms with Gasteiger partial charge in [-0.15, -0.1) is 0 Å². The predicted molar refractivity (Wildman–Crippen MR) is 65.3 cm³/mol. The Balaban J connectivity index is 1.89. The molecule has 0 amide bonds. The van der Waals surface area contributed by atoms with Crippen LogP contribution in [-0.2, 0) is 19.5 Å². The second kappa shape index (κ2) is 5.27. The molecule has 1 N–H and O–H groups in total. The lowest BCUT2D eigenvalue weighted by Crippen LogP contribution is -2.30. The van der Waals surface area contributed by atoms with Crippen LogP contribution in [-0.4, -0.2) is 16.3 Å². The summed E-state index contributed by atoms with van der Waals surface area (Å²) in [5.74, 6) is -2.87. The average molecular weight is 251 g/mol. The zero-order chi connectivity index (χ0) is 13.0. The number of rotatable bonds is 5. The number of aromatic nitrogens is 2. The van der Waals surface area contributed by atoms with E-state index < -0.39 is 12.5 Å². The van der Waals surface area contributed by atoms with Crippen LogP contribution in [0.4, 0.5) is 8.78 Å². The summed E-state index contributed by atoms with van der Waals surface area (Å²) in [6.45, 7) is -0.0587. The van der Waals surface area contributed by atoms with E-state index in [9.17, 15) is 8.78 Å². The fourth-order valence-electron chi connectivity index (χ4n) is 1.69. The molecule has 0 unspecified atom stereocenters. The molecular weight excluding hydrogens is 236 g/mol. The molecule has 2 aromatic rings. The van der Waals surface area contributed by atoms with Crippen molar-refractivity contribution in [3.63, 3.8) is 0 Å². The number of halogens is 2. The number of hydrogen-bond donors (Lipinski definition) is 1. The SMILES string of the molecule is Cn1ccc(CNCC(F)(F)c2ccccc2)n1. The Morgan fingerprint density at radius 1 is 1.22 bits per heavy atom. The van der Waals surface area contributed by atoms with Gasteiger partial charge in [-0.25, -0.2) is 0 Å². The van der Waals surface area contributed by atoms with Crippen LogP contribution >= 0.6 is 0 Å². The van der Waals surface area contributed by atoms with Crippen LogP contribution in [0.5, 0.6) is 0 Å². The first kappa shape index (κ1) is 12.7. The van der Waals surface area contributed by atoms with Gasteiger partial charge in [0.1, 0.15) is 0 Å². The van der Waals surface area contributed by atoms with E-state index in [1.807, 2.05) is 0 Å². The van der Waals surface area contributed by atoms with Gasteiger partial charge in [0.2, 0.25) is 0 Å². The molecule has 0 bridgehead atoms. The van der Waals surface area contributed by atoms with Crippen molar-refractivity contribution in [1.82, 2.24) is 15.1 Å². The fourth-order valence-corrected chi connectivity index (χ4v) is 1.69. The van der Waals surface area contributed by atoms with Crippen molar-refractivity contribution in [3.05, 3.63) is 53.9 Å².